The maximum atomic E-state index is 13.3. The van der Waals surface area contributed by atoms with Crippen LogP contribution < -0.4 is 10.2 Å². The van der Waals surface area contributed by atoms with Crippen LogP contribution in [0.5, 0.6) is 0 Å². The molecule has 0 bridgehead atoms. The molecule has 6 nitrogen and oxygen atoms in total. The SMILES string of the molecule is O=C(CN(C(=O)c1csnn1)c1ccccc1-c1ccccc1)NC1CCCCC1. The van der Waals surface area contributed by atoms with E-state index in [0.717, 1.165) is 48.3 Å². The van der Waals surface area contributed by atoms with Crippen LogP contribution in [0.3, 0.4) is 0 Å². The van der Waals surface area contributed by atoms with Crippen molar-refractivity contribution in [2.45, 2.75) is 38.1 Å². The van der Waals surface area contributed by atoms with E-state index in [1.54, 1.807) is 5.38 Å². The fourth-order valence-corrected chi connectivity index (χ4v) is 4.33. The standard InChI is InChI=1S/C23H24N4O2S/c28-22(24-18-11-5-2-6-12-18)15-27(23(29)20-16-30-26-25-20)21-14-8-7-13-19(21)17-9-3-1-4-10-17/h1,3-4,7-10,13-14,16,18H,2,5-6,11-12,15H2,(H,24,28). The highest BCUT2D eigenvalue weighted by Gasteiger charge is 2.26. The molecular weight excluding hydrogens is 396 g/mol. The topological polar surface area (TPSA) is 75.2 Å². The molecule has 1 aliphatic carbocycles. The maximum absolute atomic E-state index is 13.3. The fraction of sp³-hybridized carbons (Fsp3) is 0.304. The normalized spacial score (nSPS) is 14.3. The molecule has 1 N–H and O–H groups in total. The van der Waals surface area contributed by atoms with Crippen molar-refractivity contribution in [2.24, 2.45) is 0 Å². The van der Waals surface area contributed by atoms with Crippen molar-refractivity contribution in [3.8, 4) is 11.1 Å². The Bertz CT molecular complexity index is 985. The Morgan fingerprint density at radius 1 is 1.00 bits per heavy atom. The number of aromatic nitrogens is 2. The molecule has 0 saturated heterocycles. The van der Waals surface area contributed by atoms with Crippen LogP contribution in [0.4, 0.5) is 5.69 Å². The van der Waals surface area contributed by atoms with Gasteiger partial charge in [-0.05, 0) is 36.0 Å². The van der Waals surface area contributed by atoms with Crippen molar-refractivity contribution in [3.63, 3.8) is 0 Å². The molecule has 1 saturated carbocycles. The van der Waals surface area contributed by atoms with Gasteiger partial charge in [0.25, 0.3) is 5.91 Å². The van der Waals surface area contributed by atoms with Crippen LogP contribution in [0.25, 0.3) is 11.1 Å². The molecule has 0 aliphatic heterocycles. The van der Waals surface area contributed by atoms with Crippen LogP contribution in [-0.4, -0.2) is 34.0 Å². The summed E-state index contributed by atoms with van der Waals surface area (Å²) in [6.45, 7) is -0.0588. The van der Waals surface area contributed by atoms with E-state index in [4.69, 9.17) is 0 Å². The zero-order valence-electron chi connectivity index (χ0n) is 16.7. The van der Waals surface area contributed by atoms with Gasteiger partial charge in [0.1, 0.15) is 6.54 Å². The zero-order chi connectivity index (χ0) is 20.8. The molecule has 4 rings (SSSR count). The van der Waals surface area contributed by atoms with Gasteiger partial charge in [0.2, 0.25) is 5.91 Å². The van der Waals surface area contributed by atoms with Crippen LogP contribution in [-0.2, 0) is 4.79 Å². The van der Waals surface area contributed by atoms with E-state index >= 15 is 0 Å². The fourth-order valence-electron chi connectivity index (χ4n) is 3.90. The number of nitrogens with one attached hydrogen (secondary N) is 1. The van der Waals surface area contributed by atoms with Gasteiger partial charge in [0.15, 0.2) is 5.69 Å². The van der Waals surface area contributed by atoms with Gasteiger partial charge in [0.05, 0.1) is 5.69 Å². The number of carbonyl (C=O) groups excluding carboxylic acids is 2. The molecule has 2 amide bonds. The number of nitrogens with zero attached hydrogens (tertiary/aromatic N) is 3. The van der Waals surface area contributed by atoms with Gasteiger partial charge < -0.3 is 5.32 Å². The van der Waals surface area contributed by atoms with Crippen molar-refractivity contribution >= 4 is 29.0 Å². The summed E-state index contributed by atoms with van der Waals surface area (Å²) in [6.07, 6.45) is 5.48. The van der Waals surface area contributed by atoms with Crippen LogP contribution in [0.15, 0.2) is 60.0 Å². The second-order valence-electron chi connectivity index (χ2n) is 7.47. The molecule has 7 heteroatoms. The summed E-state index contributed by atoms with van der Waals surface area (Å²) in [4.78, 5) is 27.7. The summed E-state index contributed by atoms with van der Waals surface area (Å²) in [5.74, 6) is -0.479. The van der Waals surface area contributed by atoms with Gasteiger partial charge in [-0.3, -0.25) is 14.5 Å². The Hall–Kier alpha value is -3.06. The predicted molar refractivity (Wildman–Crippen MR) is 118 cm³/mol. The number of hydrogen-bond donors (Lipinski definition) is 1. The smallest absolute Gasteiger partial charge is 0.280 e. The van der Waals surface area contributed by atoms with Gasteiger partial charge in [-0.15, -0.1) is 5.10 Å². The Morgan fingerprint density at radius 2 is 1.73 bits per heavy atom. The lowest BCUT2D eigenvalue weighted by Gasteiger charge is -2.27. The first-order valence-electron chi connectivity index (χ1n) is 10.2. The summed E-state index contributed by atoms with van der Waals surface area (Å²) in [7, 11) is 0. The number of carbonyl (C=O) groups is 2. The average Bonchev–Trinajstić information content (AvgIpc) is 3.33. The first-order valence-corrected chi connectivity index (χ1v) is 11.1. The highest BCUT2D eigenvalue weighted by molar-refractivity contribution is 7.03. The molecule has 30 heavy (non-hydrogen) atoms. The van der Waals surface area contributed by atoms with E-state index in [-0.39, 0.29) is 30.1 Å². The minimum atomic E-state index is -0.328. The van der Waals surface area contributed by atoms with Crippen molar-refractivity contribution < 1.29 is 9.59 Å². The van der Waals surface area contributed by atoms with E-state index in [1.807, 2.05) is 54.6 Å². The molecule has 0 unspecified atom stereocenters. The number of benzene rings is 2. The van der Waals surface area contributed by atoms with Crippen LogP contribution >= 0.6 is 11.5 Å². The largest absolute Gasteiger partial charge is 0.352 e. The number of para-hydroxylation sites is 1. The Morgan fingerprint density at radius 3 is 2.47 bits per heavy atom. The predicted octanol–water partition coefficient (Wildman–Crippen LogP) is 4.30. The minimum Gasteiger partial charge on any atom is -0.352 e. The summed E-state index contributed by atoms with van der Waals surface area (Å²) in [5.41, 5.74) is 2.80. The molecule has 2 aromatic carbocycles. The highest BCUT2D eigenvalue weighted by atomic mass is 32.1. The van der Waals surface area contributed by atoms with Gasteiger partial charge in [-0.1, -0.05) is 72.3 Å². The Labute approximate surface area is 180 Å². The molecular formula is C23H24N4O2S. The molecule has 3 aromatic rings. The molecule has 1 aliphatic rings. The minimum absolute atomic E-state index is 0.0588. The van der Waals surface area contributed by atoms with Gasteiger partial charge in [0, 0.05) is 17.0 Å². The lowest BCUT2D eigenvalue weighted by Crippen LogP contribution is -2.45. The third kappa shape index (κ3) is 4.74. The quantitative estimate of drug-likeness (QED) is 0.645. The number of anilines is 1. The molecule has 1 aromatic heterocycles. The van der Waals surface area contributed by atoms with Crippen LogP contribution in [0.2, 0.25) is 0 Å². The second kappa shape index (κ2) is 9.63. The first-order chi connectivity index (χ1) is 14.7. The maximum Gasteiger partial charge on any atom is 0.280 e. The van der Waals surface area contributed by atoms with Crippen molar-refractivity contribution in [3.05, 3.63) is 65.7 Å². The second-order valence-corrected chi connectivity index (χ2v) is 8.08. The average molecular weight is 421 g/mol. The van der Waals surface area contributed by atoms with Gasteiger partial charge in [-0.2, -0.15) is 0 Å². The van der Waals surface area contributed by atoms with Crippen molar-refractivity contribution in [1.82, 2.24) is 14.9 Å². The molecule has 0 atom stereocenters. The molecule has 154 valence electrons. The molecule has 0 radical (unpaired) electrons. The molecule has 1 heterocycles. The van der Waals surface area contributed by atoms with Crippen LogP contribution in [0, 0.1) is 0 Å². The highest BCUT2D eigenvalue weighted by Crippen LogP contribution is 2.31. The summed E-state index contributed by atoms with van der Waals surface area (Å²) >= 11 is 1.12. The van der Waals surface area contributed by atoms with E-state index < -0.39 is 0 Å². The zero-order valence-corrected chi connectivity index (χ0v) is 17.5. The van der Waals surface area contributed by atoms with Crippen LogP contribution in [0.1, 0.15) is 42.6 Å². The summed E-state index contributed by atoms with van der Waals surface area (Å²) < 4.78 is 3.82. The Kier molecular flexibility index (Phi) is 6.49. The number of hydrogen-bond acceptors (Lipinski definition) is 5. The third-order valence-corrected chi connectivity index (χ3v) is 5.88. The lowest BCUT2D eigenvalue weighted by molar-refractivity contribution is -0.120. The summed E-state index contributed by atoms with van der Waals surface area (Å²) in [6, 6.07) is 17.7. The van der Waals surface area contributed by atoms with Gasteiger partial charge in [-0.25, -0.2) is 0 Å². The molecule has 0 spiro atoms. The van der Waals surface area contributed by atoms with E-state index in [1.165, 1.54) is 11.3 Å². The van der Waals surface area contributed by atoms with Crippen molar-refractivity contribution in [1.29, 1.82) is 0 Å². The lowest BCUT2D eigenvalue weighted by atomic mass is 9.95. The Balaban J connectivity index is 1.64. The number of amides is 2. The molecule has 1 fully saturated rings. The van der Waals surface area contributed by atoms with Gasteiger partial charge >= 0.3 is 0 Å². The van der Waals surface area contributed by atoms with E-state index in [9.17, 15) is 9.59 Å². The first kappa shape index (κ1) is 20.2. The third-order valence-electron chi connectivity index (χ3n) is 5.38. The van der Waals surface area contributed by atoms with E-state index in [0.29, 0.717) is 5.69 Å². The van der Waals surface area contributed by atoms with E-state index in [2.05, 4.69) is 14.9 Å². The monoisotopic (exact) mass is 420 g/mol. The van der Waals surface area contributed by atoms with Crippen molar-refractivity contribution in [2.75, 3.05) is 11.4 Å². The number of rotatable bonds is 6. The summed E-state index contributed by atoms with van der Waals surface area (Å²) in [5, 5.41) is 8.66.